The summed E-state index contributed by atoms with van der Waals surface area (Å²) in [5.41, 5.74) is 8.84. The van der Waals surface area contributed by atoms with Crippen LogP contribution in [0, 0.1) is 34.6 Å². The molecular formula is C49H50O9. The van der Waals surface area contributed by atoms with E-state index in [9.17, 15) is 25.5 Å². The number of aromatic hydroxyl groups is 9. The Labute approximate surface area is 338 Å². The van der Waals surface area contributed by atoms with Crippen molar-refractivity contribution in [2.75, 3.05) is 0 Å². The molecule has 58 heavy (non-hydrogen) atoms. The van der Waals surface area contributed by atoms with Crippen LogP contribution in [0.5, 0.6) is 51.7 Å². The summed E-state index contributed by atoms with van der Waals surface area (Å²) in [5.74, 6) is 1.16. The highest BCUT2D eigenvalue weighted by Gasteiger charge is 2.26. The average Bonchev–Trinajstić information content (AvgIpc) is 3.18. The van der Waals surface area contributed by atoms with Crippen molar-refractivity contribution >= 4 is 0 Å². The largest absolute Gasteiger partial charge is 0.508 e. The van der Waals surface area contributed by atoms with Crippen molar-refractivity contribution < 1.29 is 46.0 Å². The first kappa shape index (κ1) is 43.5. The van der Waals surface area contributed by atoms with Crippen LogP contribution in [-0.2, 0) is 6.42 Å². The molecule has 7 rings (SSSR count). The lowest BCUT2D eigenvalue weighted by Gasteiger charge is -2.23. The molecule has 0 aliphatic heterocycles. The zero-order valence-electron chi connectivity index (χ0n) is 33.1. The number of phenols is 9. The highest BCUT2D eigenvalue weighted by atomic mass is 16.3. The van der Waals surface area contributed by atoms with Gasteiger partial charge in [-0.2, -0.15) is 0 Å². The van der Waals surface area contributed by atoms with Gasteiger partial charge in [0.05, 0.1) is 0 Å². The van der Waals surface area contributed by atoms with Crippen molar-refractivity contribution in [3.05, 3.63) is 195 Å². The molecule has 0 heterocycles. The van der Waals surface area contributed by atoms with Crippen molar-refractivity contribution in [1.29, 1.82) is 0 Å². The minimum absolute atomic E-state index is 0.136. The zero-order valence-corrected chi connectivity index (χ0v) is 33.1. The third kappa shape index (κ3) is 12.6. The lowest BCUT2D eigenvalue weighted by atomic mass is 9.82. The highest BCUT2D eigenvalue weighted by Crippen LogP contribution is 2.44. The molecule has 0 atom stereocenters. The Kier molecular flexibility index (Phi) is 15.0. The van der Waals surface area contributed by atoms with E-state index in [1.807, 2.05) is 95.3 Å². The van der Waals surface area contributed by atoms with Gasteiger partial charge in [-0.25, -0.2) is 0 Å². The highest BCUT2D eigenvalue weighted by molar-refractivity contribution is 5.57. The van der Waals surface area contributed by atoms with Gasteiger partial charge < -0.3 is 46.0 Å². The van der Waals surface area contributed by atoms with Crippen molar-refractivity contribution in [2.45, 2.75) is 47.0 Å². The maximum Gasteiger partial charge on any atom is 0.119 e. The number of hydrogen-bond acceptors (Lipinski definition) is 9. The number of phenolic OH excluding ortho intramolecular Hbond substituents is 9. The molecule has 0 saturated carbocycles. The maximum atomic E-state index is 10.5. The van der Waals surface area contributed by atoms with E-state index in [4.69, 9.17) is 20.4 Å². The first-order chi connectivity index (χ1) is 27.5. The topological polar surface area (TPSA) is 182 Å². The fourth-order valence-corrected chi connectivity index (χ4v) is 6.04. The first-order valence-corrected chi connectivity index (χ1v) is 18.4. The van der Waals surface area contributed by atoms with Gasteiger partial charge >= 0.3 is 0 Å². The van der Waals surface area contributed by atoms with Crippen LogP contribution >= 0.6 is 0 Å². The van der Waals surface area contributed by atoms with Crippen LogP contribution in [0.3, 0.4) is 0 Å². The number of rotatable bonds is 5. The molecule has 0 radical (unpaired) electrons. The molecule has 0 aliphatic rings. The van der Waals surface area contributed by atoms with Crippen LogP contribution in [0.2, 0.25) is 0 Å². The quantitative estimate of drug-likeness (QED) is 0.0606. The predicted octanol–water partition coefficient (Wildman–Crippen LogP) is 10.4. The van der Waals surface area contributed by atoms with Gasteiger partial charge in [0.15, 0.2) is 0 Å². The Bertz CT molecular complexity index is 2160. The van der Waals surface area contributed by atoms with Gasteiger partial charge in [0.2, 0.25) is 0 Å². The van der Waals surface area contributed by atoms with E-state index < -0.39 is 5.92 Å². The molecule has 9 nitrogen and oxygen atoms in total. The van der Waals surface area contributed by atoms with E-state index >= 15 is 0 Å². The maximum absolute atomic E-state index is 10.5. The van der Waals surface area contributed by atoms with Crippen LogP contribution in [-0.4, -0.2) is 46.0 Å². The standard InChI is InChI=1S/C22H22O3.C15H16O2.2C6H6O2/c1-13-4-7-19(23)16(10-13)22(17-11-14(2)5-8-20(17)24)18-12-15(3)6-9-21(18)25;1-10-3-5-14(16)12(7-10)9-13-8-11(2)4-6-15(13)17;2*7-5-1-2-6(8)4-3-5/h4-12,22-25H,1-3H3;3-8,16-17H,9H2,1-2H3;2*1-4,7-8H. The first-order valence-electron chi connectivity index (χ1n) is 18.4. The molecule has 0 fully saturated rings. The average molecular weight is 783 g/mol. The SMILES string of the molecule is Cc1ccc(O)c(C(c2cc(C)ccc2O)c2cc(C)ccc2O)c1.Cc1ccc(O)c(Cc2cc(C)ccc2O)c1.Oc1ccc(O)cc1.Oc1ccc(O)cc1. The molecule has 300 valence electrons. The molecule has 0 bridgehead atoms. The number of aryl methyl sites for hydroxylation is 5. The number of benzene rings is 7. The summed E-state index contributed by atoms with van der Waals surface area (Å²) >= 11 is 0. The van der Waals surface area contributed by atoms with E-state index in [2.05, 4.69) is 0 Å². The molecule has 0 saturated heterocycles. The lowest BCUT2D eigenvalue weighted by Crippen LogP contribution is -2.06. The summed E-state index contributed by atoms with van der Waals surface area (Å²) in [6.45, 7) is 9.82. The lowest BCUT2D eigenvalue weighted by molar-refractivity contribution is 0.450. The Morgan fingerprint density at radius 3 is 0.776 bits per heavy atom. The van der Waals surface area contributed by atoms with Gasteiger partial charge in [0.1, 0.15) is 51.7 Å². The number of hydrogen-bond donors (Lipinski definition) is 9. The molecule has 7 aromatic rings. The van der Waals surface area contributed by atoms with Crippen LogP contribution in [0.1, 0.15) is 61.6 Å². The summed E-state index contributed by atoms with van der Waals surface area (Å²) in [5, 5.41) is 85.6. The summed E-state index contributed by atoms with van der Waals surface area (Å²) in [6.07, 6.45) is 0.543. The predicted molar refractivity (Wildman–Crippen MR) is 228 cm³/mol. The van der Waals surface area contributed by atoms with Gasteiger partial charge in [-0.1, -0.05) is 88.5 Å². The van der Waals surface area contributed by atoms with Crippen LogP contribution in [0.15, 0.2) is 140 Å². The van der Waals surface area contributed by atoms with Gasteiger partial charge in [-0.15, -0.1) is 0 Å². The molecule has 9 N–H and O–H groups in total. The van der Waals surface area contributed by atoms with Gasteiger partial charge in [0.25, 0.3) is 0 Å². The Morgan fingerprint density at radius 2 is 0.517 bits per heavy atom. The van der Waals surface area contributed by atoms with Gasteiger partial charge in [-0.05, 0) is 125 Å². The minimum atomic E-state index is -0.473. The van der Waals surface area contributed by atoms with E-state index in [1.165, 1.54) is 48.5 Å². The molecule has 0 aliphatic carbocycles. The van der Waals surface area contributed by atoms with Crippen LogP contribution in [0.4, 0.5) is 0 Å². The molecule has 0 spiro atoms. The monoisotopic (exact) mass is 782 g/mol. The van der Waals surface area contributed by atoms with E-state index in [0.29, 0.717) is 23.1 Å². The second-order valence-electron chi connectivity index (χ2n) is 14.1. The molecule has 0 unspecified atom stereocenters. The minimum Gasteiger partial charge on any atom is -0.508 e. The normalized spacial score (nSPS) is 10.3. The smallest absolute Gasteiger partial charge is 0.119 e. The molecule has 0 amide bonds. The third-order valence-corrected chi connectivity index (χ3v) is 9.03. The third-order valence-electron chi connectivity index (χ3n) is 9.03. The fourth-order valence-electron chi connectivity index (χ4n) is 6.04. The summed E-state index contributed by atoms with van der Waals surface area (Å²) in [7, 11) is 0. The van der Waals surface area contributed by atoms with Crippen LogP contribution < -0.4 is 0 Å². The van der Waals surface area contributed by atoms with Crippen LogP contribution in [0.25, 0.3) is 0 Å². The summed E-state index contributed by atoms with van der Waals surface area (Å²) in [6, 6.07) is 38.5. The second-order valence-corrected chi connectivity index (χ2v) is 14.1. The van der Waals surface area contributed by atoms with E-state index in [-0.39, 0.29) is 51.7 Å². The van der Waals surface area contributed by atoms with Gasteiger partial charge in [0, 0.05) is 29.0 Å². The molecule has 9 heteroatoms. The Morgan fingerprint density at radius 1 is 0.293 bits per heavy atom. The van der Waals surface area contributed by atoms with E-state index in [0.717, 1.165) is 38.9 Å². The summed E-state index contributed by atoms with van der Waals surface area (Å²) in [4.78, 5) is 0. The van der Waals surface area contributed by atoms with Crippen molar-refractivity contribution in [1.82, 2.24) is 0 Å². The van der Waals surface area contributed by atoms with Crippen molar-refractivity contribution in [3.63, 3.8) is 0 Å². The zero-order chi connectivity index (χ0) is 42.5. The van der Waals surface area contributed by atoms with Crippen molar-refractivity contribution in [2.24, 2.45) is 0 Å². The Balaban J connectivity index is 0.000000192. The fraction of sp³-hybridized carbons (Fsp3) is 0.143. The van der Waals surface area contributed by atoms with E-state index in [1.54, 1.807) is 30.3 Å². The Hall–Kier alpha value is -7.26. The molecular weight excluding hydrogens is 733 g/mol. The molecule has 0 aromatic heterocycles. The second kappa shape index (κ2) is 20.1. The van der Waals surface area contributed by atoms with Crippen molar-refractivity contribution in [3.8, 4) is 51.7 Å². The molecule has 7 aromatic carbocycles. The van der Waals surface area contributed by atoms with Gasteiger partial charge in [-0.3, -0.25) is 0 Å². The summed E-state index contributed by atoms with van der Waals surface area (Å²) < 4.78 is 0.